The lowest BCUT2D eigenvalue weighted by Gasteiger charge is -2.11. The number of methoxy groups -OCH3 is 1. The average Bonchev–Trinajstić information content (AvgIpc) is 4.21. The van der Waals surface area contributed by atoms with E-state index in [0.717, 1.165) is 64.8 Å². The fourth-order valence-electron chi connectivity index (χ4n) is 8.13. The number of nitrogens with zero attached hydrogens (tertiary/aromatic N) is 4. The number of carbonyl (C=O) groups is 2. The summed E-state index contributed by atoms with van der Waals surface area (Å²) in [5, 5.41) is 12.0. The van der Waals surface area contributed by atoms with Crippen molar-refractivity contribution >= 4 is 33.7 Å². The van der Waals surface area contributed by atoms with Crippen LogP contribution in [0.4, 0.5) is 0 Å². The first-order valence-corrected chi connectivity index (χ1v) is 20.4. The molecule has 59 heavy (non-hydrogen) atoms. The highest BCUT2D eigenvalue weighted by molar-refractivity contribution is 5.92. The van der Waals surface area contributed by atoms with E-state index in [1.807, 2.05) is 42.7 Å². The van der Waals surface area contributed by atoms with Crippen molar-refractivity contribution in [3.63, 3.8) is 0 Å². The van der Waals surface area contributed by atoms with Gasteiger partial charge in [0, 0.05) is 72.5 Å². The van der Waals surface area contributed by atoms with Crippen molar-refractivity contribution in [2.45, 2.75) is 63.5 Å². The number of benzene rings is 4. The fourth-order valence-corrected chi connectivity index (χ4v) is 8.13. The molecule has 2 saturated carbocycles. The van der Waals surface area contributed by atoms with Crippen LogP contribution in [0, 0.1) is 0 Å². The van der Waals surface area contributed by atoms with Crippen LogP contribution in [0.1, 0.15) is 103 Å². The highest BCUT2D eigenvalue weighted by Crippen LogP contribution is 2.41. The van der Waals surface area contributed by atoms with E-state index in [0.29, 0.717) is 41.5 Å². The van der Waals surface area contributed by atoms with Crippen LogP contribution in [0.5, 0.6) is 0 Å². The van der Waals surface area contributed by atoms with E-state index in [2.05, 4.69) is 122 Å². The number of aromatic nitrogens is 4. The predicted octanol–water partition coefficient (Wildman–Crippen LogP) is 10.6. The molecule has 0 bridgehead atoms. The number of aromatic carboxylic acids is 1. The van der Waals surface area contributed by atoms with Gasteiger partial charge in [-0.05, 0) is 107 Å². The molecule has 1 N–H and O–H groups in total. The van der Waals surface area contributed by atoms with E-state index < -0.39 is 5.97 Å². The number of carboxylic acids is 1. The summed E-state index contributed by atoms with van der Waals surface area (Å²) in [6.45, 7) is 1.64. The van der Waals surface area contributed by atoms with Gasteiger partial charge in [0.1, 0.15) is 0 Å². The lowest BCUT2D eigenvalue weighted by Crippen LogP contribution is -2.09. The molecule has 0 aliphatic heterocycles. The van der Waals surface area contributed by atoms with Crippen LogP contribution in [-0.4, -0.2) is 43.3 Å². The molecule has 2 aliphatic rings. The highest BCUT2D eigenvalue weighted by Gasteiger charge is 2.27. The number of carbonyl (C=O) groups excluding carboxylic acids is 1. The maximum Gasteiger partial charge on any atom is 0.339 e. The number of esters is 1. The first kappa shape index (κ1) is 37.8. The Balaban J connectivity index is 0.000000152. The molecule has 0 spiro atoms. The van der Waals surface area contributed by atoms with E-state index in [-0.39, 0.29) is 5.97 Å². The summed E-state index contributed by atoms with van der Waals surface area (Å²) in [6, 6.07) is 41.5. The molecule has 8 heteroatoms. The van der Waals surface area contributed by atoms with Crippen LogP contribution in [0.15, 0.2) is 146 Å². The molecule has 0 unspecified atom stereocenters. The third kappa shape index (κ3) is 8.44. The monoisotopic (exact) mass is 778 g/mol. The Hall–Kier alpha value is -6.80. The Bertz CT molecular complexity index is 2780. The zero-order valence-electron chi connectivity index (χ0n) is 33.1. The standard InChI is InChI=1S/C26H24N2O2.C25H22N2O2/c1-30-26(29)23-14-21(19-10-11-19)16-27-24(23)15-20-8-5-9-25-22(20)12-13-28(25)17-18-6-3-2-4-7-18;28-25(29)22-13-20(18-9-10-18)15-26-23(22)14-19-7-4-8-24-21(19)11-12-27(24)16-17-5-2-1-3-6-17/h2-9,12-14,16,19H,10-11,15,17H2,1H3;1-8,11-13,15,18H,9-10,14,16H2,(H,28,29). The highest BCUT2D eigenvalue weighted by atomic mass is 16.5. The van der Waals surface area contributed by atoms with Gasteiger partial charge in [0.15, 0.2) is 0 Å². The molecule has 4 heterocycles. The fraction of sp³-hybridized carbons (Fsp3) is 0.216. The molecule has 4 aromatic carbocycles. The SMILES string of the molecule is COC(=O)c1cc(C2CC2)cnc1Cc1cccc2c1ccn2Cc1ccccc1.O=C(O)c1cc(C2CC2)cnc1Cc1cccc2c1ccn2Cc1ccccc1. The van der Waals surface area contributed by atoms with Gasteiger partial charge in [0.2, 0.25) is 0 Å². The lowest BCUT2D eigenvalue weighted by molar-refractivity contribution is 0.0598. The molecule has 0 amide bonds. The Morgan fingerprint density at radius 3 is 1.51 bits per heavy atom. The van der Waals surface area contributed by atoms with Crippen molar-refractivity contribution in [3.8, 4) is 0 Å². The van der Waals surface area contributed by atoms with Gasteiger partial charge < -0.3 is 19.0 Å². The minimum Gasteiger partial charge on any atom is -0.478 e. The zero-order chi connectivity index (χ0) is 40.3. The van der Waals surface area contributed by atoms with E-state index >= 15 is 0 Å². The Morgan fingerprint density at radius 1 is 0.610 bits per heavy atom. The molecule has 8 aromatic rings. The molecule has 8 nitrogen and oxygen atoms in total. The van der Waals surface area contributed by atoms with Gasteiger partial charge in [-0.1, -0.05) is 84.9 Å². The van der Waals surface area contributed by atoms with Gasteiger partial charge >= 0.3 is 11.9 Å². The summed E-state index contributed by atoms with van der Waals surface area (Å²) in [5.74, 6) is -0.173. The molecular weight excluding hydrogens is 733 g/mol. The van der Waals surface area contributed by atoms with Crippen molar-refractivity contribution in [2.24, 2.45) is 0 Å². The van der Waals surface area contributed by atoms with Crippen LogP contribution >= 0.6 is 0 Å². The Labute approximate surface area is 343 Å². The minimum absolute atomic E-state index is 0.311. The summed E-state index contributed by atoms with van der Waals surface area (Å²) in [4.78, 5) is 33.5. The second-order valence-corrected chi connectivity index (χ2v) is 15.8. The van der Waals surface area contributed by atoms with E-state index in [1.54, 1.807) is 0 Å². The van der Waals surface area contributed by atoms with Crippen molar-refractivity contribution in [1.29, 1.82) is 0 Å². The van der Waals surface area contributed by atoms with E-state index in [4.69, 9.17) is 4.74 Å². The van der Waals surface area contributed by atoms with Crippen molar-refractivity contribution in [1.82, 2.24) is 19.1 Å². The number of carboxylic acid groups (broad SMARTS) is 1. The third-order valence-corrected chi connectivity index (χ3v) is 11.6. The summed E-state index contributed by atoms with van der Waals surface area (Å²) < 4.78 is 9.54. The second-order valence-electron chi connectivity index (χ2n) is 15.8. The van der Waals surface area contributed by atoms with Crippen LogP contribution in [0.2, 0.25) is 0 Å². The third-order valence-electron chi connectivity index (χ3n) is 11.6. The number of hydrogen-bond donors (Lipinski definition) is 1. The Kier molecular flexibility index (Phi) is 10.6. The number of ether oxygens (including phenoxy) is 1. The van der Waals surface area contributed by atoms with Gasteiger partial charge in [0.05, 0.1) is 29.6 Å². The van der Waals surface area contributed by atoms with E-state index in [9.17, 15) is 14.7 Å². The van der Waals surface area contributed by atoms with Gasteiger partial charge in [-0.15, -0.1) is 0 Å². The number of hydrogen-bond acceptors (Lipinski definition) is 5. The first-order chi connectivity index (χ1) is 28.9. The number of fused-ring (bicyclic) bond motifs is 2. The quantitative estimate of drug-likeness (QED) is 0.124. The smallest absolute Gasteiger partial charge is 0.339 e. The lowest BCUT2D eigenvalue weighted by atomic mass is 10.00. The zero-order valence-corrected chi connectivity index (χ0v) is 33.1. The minimum atomic E-state index is -0.899. The molecular formula is C51H46N4O4. The topological polar surface area (TPSA) is 99.2 Å². The van der Waals surface area contributed by atoms with Gasteiger partial charge in [-0.25, -0.2) is 9.59 Å². The molecule has 10 rings (SSSR count). The second kappa shape index (κ2) is 16.6. The average molecular weight is 779 g/mol. The largest absolute Gasteiger partial charge is 0.478 e. The van der Waals surface area contributed by atoms with Crippen LogP contribution in [0.25, 0.3) is 21.8 Å². The summed E-state index contributed by atoms with van der Waals surface area (Å²) >= 11 is 0. The summed E-state index contributed by atoms with van der Waals surface area (Å²) in [7, 11) is 1.43. The van der Waals surface area contributed by atoms with Gasteiger partial charge in [-0.3, -0.25) is 9.97 Å². The van der Waals surface area contributed by atoms with Crippen LogP contribution in [-0.2, 0) is 30.7 Å². The van der Waals surface area contributed by atoms with Crippen LogP contribution in [0.3, 0.4) is 0 Å². The predicted molar refractivity (Wildman–Crippen MR) is 231 cm³/mol. The Morgan fingerprint density at radius 2 is 1.07 bits per heavy atom. The van der Waals surface area contributed by atoms with Crippen molar-refractivity contribution in [3.05, 3.63) is 202 Å². The van der Waals surface area contributed by atoms with E-state index in [1.165, 1.54) is 42.0 Å². The molecule has 0 atom stereocenters. The molecule has 0 radical (unpaired) electrons. The summed E-state index contributed by atoms with van der Waals surface area (Å²) in [6.07, 6.45) is 13.8. The molecule has 2 fully saturated rings. The number of rotatable bonds is 12. The number of pyridine rings is 2. The van der Waals surface area contributed by atoms with Gasteiger partial charge in [-0.2, -0.15) is 0 Å². The van der Waals surface area contributed by atoms with Crippen molar-refractivity contribution < 1.29 is 19.4 Å². The molecule has 294 valence electrons. The molecule has 4 aromatic heterocycles. The molecule has 2 aliphatic carbocycles. The molecule has 0 saturated heterocycles. The van der Waals surface area contributed by atoms with Gasteiger partial charge in [0.25, 0.3) is 0 Å². The first-order valence-electron chi connectivity index (χ1n) is 20.4. The summed E-state index contributed by atoms with van der Waals surface area (Å²) in [5.41, 5.74) is 11.6. The maximum atomic E-state index is 12.4. The maximum absolute atomic E-state index is 12.4. The normalized spacial score (nSPS) is 13.6. The van der Waals surface area contributed by atoms with Crippen LogP contribution < -0.4 is 0 Å². The van der Waals surface area contributed by atoms with Crippen molar-refractivity contribution in [2.75, 3.05) is 7.11 Å².